The summed E-state index contributed by atoms with van der Waals surface area (Å²) in [5.41, 5.74) is 5.51. The second-order valence-electron chi connectivity index (χ2n) is 4.05. The lowest BCUT2D eigenvalue weighted by atomic mass is 9.94. The molecule has 1 aromatic rings. The maximum absolute atomic E-state index is 11.7. The predicted octanol–water partition coefficient (Wildman–Crippen LogP) is 0.0172. The molecule has 0 fully saturated rings. The molecule has 0 aliphatic carbocycles. The van der Waals surface area contributed by atoms with Crippen LogP contribution in [0.1, 0.15) is 37.2 Å². The maximum Gasteiger partial charge on any atom is 0.271 e. The molecule has 6 nitrogen and oxygen atoms in total. The Balaban J connectivity index is 2.61. The number of nitrogens with zero attached hydrogens (tertiary/aromatic N) is 1. The summed E-state index contributed by atoms with van der Waals surface area (Å²) in [6, 6.07) is 0. The number of hydrogen-bond donors (Lipinski definition) is 3. The van der Waals surface area contributed by atoms with Crippen LogP contribution in [-0.4, -0.2) is 28.0 Å². The molecule has 0 unspecified atom stereocenters. The van der Waals surface area contributed by atoms with Crippen molar-refractivity contribution in [3.63, 3.8) is 0 Å². The van der Waals surface area contributed by atoms with Gasteiger partial charge in [0.05, 0.1) is 6.20 Å². The third-order valence-corrected chi connectivity index (χ3v) is 2.91. The molecule has 0 radical (unpaired) electrons. The molecule has 0 atom stereocenters. The van der Waals surface area contributed by atoms with E-state index in [1.165, 1.54) is 6.20 Å². The molecule has 1 aromatic heterocycles. The molecule has 0 saturated heterocycles. The summed E-state index contributed by atoms with van der Waals surface area (Å²) in [5, 5.41) is 2.71. The average molecular weight is 238 g/mol. The highest BCUT2D eigenvalue weighted by molar-refractivity contribution is 5.91. The van der Waals surface area contributed by atoms with Crippen LogP contribution in [0.4, 0.5) is 0 Å². The lowest BCUT2D eigenvalue weighted by Crippen LogP contribution is -2.49. The smallest absolute Gasteiger partial charge is 0.271 e. The first-order valence-corrected chi connectivity index (χ1v) is 5.62. The van der Waals surface area contributed by atoms with E-state index in [1.54, 1.807) is 0 Å². The minimum Gasteiger partial charge on any atom is -0.349 e. The average Bonchev–Trinajstić information content (AvgIpc) is 2.36. The van der Waals surface area contributed by atoms with E-state index in [1.807, 2.05) is 13.8 Å². The zero-order chi connectivity index (χ0) is 12.9. The summed E-state index contributed by atoms with van der Waals surface area (Å²) >= 11 is 0. The molecule has 94 valence electrons. The molecule has 0 saturated carbocycles. The van der Waals surface area contributed by atoms with Gasteiger partial charge in [-0.15, -0.1) is 0 Å². The Morgan fingerprint density at radius 3 is 2.65 bits per heavy atom. The fourth-order valence-electron chi connectivity index (χ4n) is 1.31. The Bertz CT molecular complexity index is 417. The van der Waals surface area contributed by atoms with Gasteiger partial charge in [0.1, 0.15) is 5.69 Å². The quantitative estimate of drug-likeness (QED) is 0.673. The van der Waals surface area contributed by atoms with E-state index >= 15 is 0 Å². The van der Waals surface area contributed by atoms with Crippen molar-refractivity contribution < 1.29 is 4.79 Å². The largest absolute Gasteiger partial charge is 0.349 e. The van der Waals surface area contributed by atoms with Crippen LogP contribution < -0.4 is 16.6 Å². The number of H-pyrrole nitrogens is 1. The van der Waals surface area contributed by atoms with Gasteiger partial charge in [0.15, 0.2) is 0 Å². The maximum atomic E-state index is 11.7. The van der Waals surface area contributed by atoms with Crippen molar-refractivity contribution in [3.05, 3.63) is 28.4 Å². The van der Waals surface area contributed by atoms with Crippen molar-refractivity contribution in [1.29, 1.82) is 0 Å². The Morgan fingerprint density at radius 1 is 1.53 bits per heavy atom. The van der Waals surface area contributed by atoms with Crippen molar-refractivity contribution in [1.82, 2.24) is 15.3 Å². The summed E-state index contributed by atoms with van der Waals surface area (Å²) in [7, 11) is 0. The van der Waals surface area contributed by atoms with Crippen LogP contribution in [0, 0.1) is 0 Å². The van der Waals surface area contributed by atoms with Gasteiger partial charge in [-0.3, -0.25) is 9.59 Å². The Morgan fingerprint density at radius 2 is 2.18 bits per heavy atom. The molecule has 0 spiro atoms. The van der Waals surface area contributed by atoms with Crippen LogP contribution >= 0.6 is 0 Å². The van der Waals surface area contributed by atoms with Crippen LogP contribution in [-0.2, 0) is 0 Å². The van der Waals surface area contributed by atoms with E-state index in [4.69, 9.17) is 5.73 Å². The zero-order valence-electron chi connectivity index (χ0n) is 10.1. The fourth-order valence-corrected chi connectivity index (χ4v) is 1.31. The third-order valence-electron chi connectivity index (χ3n) is 2.91. The van der Waals surface area contributed by atoms with Gasteiger partial charge >= 0.3 is 0 Å². The number of carbonyl (C=O) groups is 1. The van der Waals surface area contributed by atoms with Crippen molar-refractivity contribution in [2.24, 2.45) is 5.73 Å². The van der Waals surface area contributed by atoms with Gasteiger partial charge in [0.25, 0.3) is 11.5 Å². The van der Waals surface area contributed by atoms with E-state index in [9.17, 15) is 9.59 Å². The third kappa shape index (κ3) is 3.67. The Hall–Kier alpha value is -1.69. The molecule has 1 rings (SSSR count). The molecular formula is C11H18N4O2. The summed E-state index contributed by atoms with van der Waals surface area (Å²) in [6.07, 6.45) is 3.92. The normalized spacial score (nSPS) is 11.2. The Kier molecular flexibility index (Phi) is 4.39. The number of hydrogen-bond acceptors (Lipinski definition) is 4. The van der Waals surface area contributed by atoms with Crippen LogP contribution in [0.3, 0.4) is 0 Å². The van der Waals surface area contributed by atoms with E-state index in [-0.39, 0.29) is 17.2 Å². The van der Waals surface area contributed by atoms with E-state index in [0.29, 0.717) is 6.54 Å². The second-order valence-corrected chi connectivity index (χ2v) is 4.05. The minimum absolute atomic E-state index is 0.180. The number of aromatic nitrogens is 2. The van der Waals surface area contributed by atoms with Gasteiger partial charge in [0, 0.05) is 18.3 Å². The molecule has 1 heterocycles. The first-order valence-electron chi connectivity index (χ1n) is 5.62. The molecule has 0 aliphatic rings. The van der Waals surface area contributed by atoms with Gasteiger partial charge in [-0.2, -0.15) is 0 Å². The lowest BCUT2D eigenvalue weighted by molar-refractivity contribution is 0.0936. The minimum atomic E-state index is -0.391. The number of rotatable bonds is 5. The van der Waals surface area contributed by atoms with Gasteiger partial charge in [-0.25, -0.2) is 4.98 Å². The first-order chi connectivity index (χ1) is 8.00. The molecule has 0 aromatic carbocycles. The molecule has 4 N–H and O–H groups in total. The summed E-state index contributed by atoms with van der Waals surface area (Å²) in [6.45, 7) is 4.35. The summed E-state index contributed by atoms with van der Waals surface area (Å²) in [4.78, 5) is 28.6. The molecular weight excluding hydrogens is 220 g/mol. The standard InChI is InChI=1S/C11H18N4O2/c1-3-11(12,4-2)7-15-10(17)8-5-14-9(16)6-13-8/h5-6H,3-4,7,12H2,1-2H3,(H,14,16)(H,15,17). The topological polar surface area (TPSA) is 101 Å². The van der Waals surface area contributed by atoms with E-state index in [0.717, 1.165) is 19.0 Å². The number of nitrogens with two attached hydrogens (primary N) is 1. The first kappa shape index (κ1) is 13.4. The molecule has 0 bridgehead atoms. The summed E-state index contributed by atoms with van der Waals surface area (Å²) in [5.74, 6) is -0.335. The number of amides is 1. The lowest BCUT2D eigenvalue weighted by Gasteiger charge is -2.26. The monoisotopic (exact) mass is 238 g/mol. The van der Waals surface area contributed by atoms with Crippen LogP contribution in [0.2, 0.25) is 0 Å². The number of carbonyl (C=O) groups excluding carboxylic acids is 1. The molecule has 17 heavy (non-hydrogen) atoms. The second kappa shape index (κ2) is 5.58. The van der Waals surface area contributed by atoms with E-state index in [2.05, 4.69) is 15.3 Å². The highest BCUT2D eigenvalue weighted by Gasteiger charge is 2.21. The van der Waals surface area contributed by atoms with Crippen molar-refractivity contribution >= 4 is 5.91 Å². The molecule has 6 heteroatoms. The van der Waals surface area contributed by atoms with Crippen molar-refractivity contribution in [2.45, 2.75) is 32.2 Å². The Labute approximate surface area is 99.6 Å². The van der Waals surface area contributed by atoms with Gasteiger partial charge in [-0.1, -0.05) is 13.8 Å². The van der Waals surface area contributed by atoms with Gasteiger partial charge < -0.3 is 16.0 Å². The van der Waals surface area contributed by atoms with Crippen LogP contribution in [0.15, 0.2) is 17.2 Å². The van der Waals surface area contributed by atoms with Crippen LogP contribution in [0.25, 0.3) is 0 Å². The highest BCUT2D eigenvalue weighted by Crippen LogP contribution is 2.09. The van der Waals surface area contributed by atoms with Crippen molar-refractivity contribution in [3.8, 4) is 0 Å². The SMILES string of the molecule is CCC(N)(CC)CNC(=O)c1c[nH]c(=O)cn1. The predicted molar refractivity (Wildman–Crippen MR) is 64.7 cm³/mol. The number of aromatic amines is 1. The number of nitrogens with one attached hydrogen (secondary N) is 2. The van der Waals surface area contributed by atoms with Gasteiger partial charge in [0.2, 0.25) is 0 Å². The molecule has 1 amide bonds. The summed E-state index contributed by atoms with van der Waals surface area (Å²) < 4.78 is 0. The van der Waals surface area contributed by atoms with Gasteiger partial charge in [-0.05, 0) is 12.8 Å². The van der Waals surface area contributed by atoms with Crippen molar-refractivity contribution in [2.75, 3.05) is 6.54 Å². The van der Waals surface area contributed by atoms with E-state index < -0.39 is 5.54 Å². The molecule has 0 aliphatic heterocycles. The highest BCUT2D eigenvalue weighted by atomic mass is 16.2. The van der Waals surface area contributed by atoms with Crippen LogP contribution in [0.5, 0.6) is 0 Å². The fraction of sp³-hybridized carbons (Fsp3) is 0.545. The zero-order valence-corrected chi connectivity index (χ0v) is 10.1.